The standard InChI is InChI=1S/C22H23N3O3/c1-16-7-5-8-17(13-16)22(26)25-12-6-9-18(14-25)21-23-20(28-24-21)15-27-19-10-3-2-4-11-19/h2-5,7-8,10-11,13,18H,6,9,12,14-15H2,1H3. The van der Waals surface area contributed by atoms with E-state index in [4.69, 9.17) is 9.26 Å². The zero-order valence-electron chi connectivity index (χ0n) is 15.9. The van der Waals surface area contributed by atoms with Crippen molar-refractivity contribution in [1.82, 2.24) is 15.0 Å². The fraction of sp³-hybridized carbons (Fsp3) is 0.318. The molecule has 6 nitrogen and oxygen atoms in total. The van der Waals surface area contributed by atoms with Crippen molar-refractivity contribution < 1.29 is 14.1 Å². The van der Waals surface area contributed by atoms with Gasteiger partial charge in [0.05, 0.1) is 0 Å². The molecule has 1 unspecified atom stereocenters. The van der Waals surface area contributed by atoms with Gasteiger partial charge in [0, 0.05) is 24.6 Å². The minimum absolute atomic E-state index is 0.0597. The van der Waals surface area contributed by atoms with E-state index in [1.807, 2.05) is 66.4 Å². The van der Waals surface area contributed by atoms with Gasteiger partial charge in [-0.25, -0.2) is 0 Å². The molecule has 1 fully saturated rings. The van der Waals surface area contributed by atoms with Crippen molar-refractivity contribution in [3.63, 3.8) is 0 Å². The average molecular weight is 377 g/mol. The number of hydrogen-bond acceptors (Lipinski definition) is 5. The number of piperidine rings is 1. The van der Waals surface area contributed by atoms with Gasteiger partial charge >= 0.3 is 0 Å². The van der Waals surface area contributed by atoms with Gasteiger partial charge in [0.15, 0.2) is 12.4 Å². The molecule has 3 aromatic rings. The first-order valence-electron chi connectivity index (χ1n) is 9.55. The third-order valence-corrected chi connectivity index (χ3v) is 4.93. The van der Waals surface area contributed by atoms with Crippen LogP contribution in [0.15, 0.2) is 59.1 Å². The lowest BCUT2D eigenvalue weighted by molar-refractivity contribution is 0.0703. The monoisotopic (exact) mass is 377 g/mol. The Kier molecular flexibility index (Phi) is 5.37. The number of aromatic nitrogens is 2. The molecule has 1 aliphatic heterocycles. The first kappa shape index (κ1) is 18.2. The first-order valence-corrected chi connectivity index (χ1v) is 9.55. The molecule has 0 spiro atoms. The summed E-state index contributed by atoms with van der Waals surface area (Å²) < 4.78 is 11.0. The van der Waals surface area contributed by atoms with Crippen LogP contribution in [0.2, 0.25) is 0 Å². The molecule has 0 radical (unpaired) electrons. The number of para-hydroxylation sites is 1. The lowest BCUT2D eigenvalue weighted by Gasteiger charge is -2.31. The number of hydrogen-bond donors (Lipinski definition) is 0. The molecule has 0 N–H and O–H groups in total. The third kappa shape index (κ3) is 4.22. The zero-order chi connectivity index (χ0) is 19.3. The number of benzene rings is 2. The maximum Gasteiger partial charge on any atom is 0.264 e. The molecule has 1 aromatic heterocycles. The molecule has 144 valence electrons. The van der Waals surface area contributed by atoms with Crippen molar-refractivity contribution in [3.8, 4) is 5.75 Å². The van der Waals surface area contributed by atoms with E-state index in [1.54, 1.807) is 0 Å². The largest absolute Gasteiger partial charge is 0.484 e. The summed E-state index contributed by atoms with van der Waals surface area (Å²) in [6, 6.07) is 17.2. The molecule has 4 rings (SSSR count). The SMILES string of the molecule is Cc1cccc(C(=O)N2CCCC(c3noc(COc4ccccc4)n3)C2)c1. The Morgan fingerprint density at radius 1 is 1.21 bits per heavy atom. The van der Waals surface area contributed by atoms with E-state index in [1.165, 1.54) is 0 Å². The number of likely N-dealkylation sites (tertiary alicyclic amines) is 1. The second-order valence-corrected chi connectivity index (χ2v) is 7.11. The average Bonchev–Trinajstić information content (AvgIpc) is 3.22. The summed E-state index contributed by atoms with van der Waals surface area (Å²) in [5.74, 6) is 1.99. The minimum atomic E-state index is 0.0597. The van der Waals surface area contributed by atoms with E-state index >= 15 is 0 Å². The molecule has 0 aliphatic carbocycles. The first-order chi connectivity index (χ1) is 13.7. The Bertz CT molecular complexity index is 939. The molecule has 28 heavy (non-hydrogen) atoms. The Morgan fingerprint density at radius 2 is 2.07 bits per heavy atom. The summed E-state index contributed by atoms with van der Waals surface area (Å²) in [6.45, 7) is 3.58. The summed E-state index contributed by atoms with van der Waals surface area (Å²) in [6.07, 6.45) is 1.86. The van der Waals surface area contributed by atoms with Gasteiger partial charge in [-0.15, -0.1) is 0 Å². The second kappa shape index (κ2) is 8.25. The molecular weight excluding hydrogens is 354 g/mol. The highest BCUT2D eigenvalue weighted by Gasteiger charge is 2.28. The highest BCUT2D eigenvalue weighted by molar-refractivity contribution is 5.94. The smallest absolute Gasteiger partial charge is 0.264 e. The summed E-state index contributed by atoms with van der Waals surface area (Å²) in [5, 5.41) is 4.13. The molecule has 0 saturated carbocycles. The quantitative estimate of drug-likeness (QED) is 0.673. The number of aryl methyl sites for hydroxylation is 1. The van der Waals surface area contributed by atoms with Crippen LogP contribution in [-0.2, 0) is 6.61 Å². The molecule has 6 heteroatoms. The molecule has 1 amide bonds. The van der Waals surface area contributed by atoms with Crippen molar-refractivity contribution in [2.45, 2.75) is 32.3 Å². The highest BCUT2D eigenvalue weighted by atomic mass is 16.5. The van der Waals surface area contributed by atoms with Crippen LogP contribution in [-0.4, -0.2) is 34.0 Å². The fourth-order valence-corrected chi connectivity index (χ4v) is 3.49. The molecule has 1 saturated heterocycles. The Labute approximate surface area is 164 Å². The van der Waals surface area contributed by atoms with Gasteiger partial charge < -0.3 is 14.2 Å². The molecule has 0 bridgehead atoms. The van der Waals surface area contributed by atoms with Crippen molar-refractivity contribution >= 4 is 5.91 Å². The highest BCUT2D eigenvalue weighted by Crippen LogP contribution is 2.26. The number of carbonyl (C=O) groups excluding carboxylic acids is 1. The topological polar surface area (TPSA) is 68.5 Å². The summed E-state index contributed by atoms with van der Waals surface area (Å²) >= 11 is 0. The molecule has 2 aromatic carbocycles. The second-order valence-electron chi connectivity index (χ2n) is 7.11. The lowest BCUT2D eigenvalue weighted by Crippen LogP contribution is -2.39. The van der Waals surface area contributed by atoms with Crippen LogP contribution >= 0.6 is 0 Å². The summed E-state index contributed by atoms with van der Waals surface area (Å²) in [5.41, 5.74) is 1.81. The van der Waals surface area contributed by atoms with Gasteiger partial charge in [0.1, 0.15) is 5.75 Å². The van der Waals surface area contributed by atoms with Gasteiger partial charge in [-0.05, 0) is 44.0 Å². The van der Waals surface area contributed by atoms with Gasteiger partial charge in [0.25, 0.3) is 11.8 Å². The molecule has 1 aliphatic rings. The molecule has 1 atom stereocenters. The van der Waals surface area contributed by atoms with Crippen LogP contribution in [0.1, 0.15) is 46.4 Å². The molecule has 2 heterocycles. The van der Waals surface area contributed by atoms with Crippen LogP contribution in [0.25, 0.3) is 0 Å². The van der Waals surface area contributed by atoms with Gasteiger partial charge in [-0.2, -0.15) is 4.98 Å². The maximum atomic E-state index is 12.8. The van der Waals surface area contributed by atoms with Crippen LogP contribution in [0.5, 0.6) is 5.75 Å². The zero-order valence-corrected chi connectivity index (χ0v) is 15.9. The number of nitrogens with zero attached hydrogens (tertiary/aromatic N) is 3. The third-order valence-electron chi connectivity index (χ3n) is 4.93. The van der Waals surface area contributed by atoms with Crippen molar-refractivity contribution in [1.29, 1.82) is 0 Å². The minimum Gasteiger partial charge on any atom is -0.484 e. The van der Waals surface area contributed by atoms with Crippen LogP contribution in [0, 0.1) is 6.92 Å². The van der Waals surface area contributed by atoms with Crippen molar-refractivity contribution in [2.75, 3.05) is 13.1 Å². The summed E-state index contributed by atoms with van der Waals surface area (Å²) in [7, 11) is 0. The van der Waals surface area contributed by atoms with Crippen molar-refractivity contribution in [2.24, 2.45) is 0 Å². The Balaban J connectivity index is 1.39. The number of rotatable bonds is 5. The number of carbonyl (C=O) groups is 1. The maximum absolute atomic E-state index is 12.8. The Morgan fingerprint density at radius 3 is 2.89 bits per heavy atom. The van der Waals surface area contributed by atoms with E-state index in [0.717, 1.165) is 36.3 Å². The Hall–Kier alpha value is -3.15. The van der Waals surface area contributed by atoms with Gasteiger partial charge in [-0.3, -0.25) is 4.79 Å². The van der Waals surface area contributed by atoms with Gasteiger partial charge in [-0.1, -0.05) is 41.1 Å². The van der Waals surface area contributed by atoms with E-state index in [9.17, 15) is 4.79 Å². The normalized spacial score (nSPS) is 16.8. The molecular formula is C22H23N3O3. The van der Waals surface area contributed by atoms with Crippen LogP contribution in [0.3, 0.4) is 0 Å². The van der Waals surface area contributed by atoms with Crippen molar-refractivity contribution in [3.05, 3.63) is 77.4 Å². The summed E-state index contributed by atoms with van der Waals surface area (Å²) in [4.78, 5) is 19.2. The lowest BCUT2D eigenvalue weighted by atomic mass is 9.96. The van der Waals surface area contributed by atoms with Gasteiger partial charge in [0.2, 0.25) is 0 Å². The predicted molar refractivity (Wildman–Crippen MR) is 104 cm³/mol. The van der Waals surface area contributed by atoms with E-state index in [2.05, 4.69) is 10.1 Å². The van der Waals surface area contributed by atoms with Crippen LogP contribution in [0.4, 0.5) is 0 Å². The fourth-order valence-electron chi connectivity index (χ4n) is 3.49. The van der Waals surface area contributed by atoms with Crippen LogP contribution < -0.4 is 4.74 Å². The predicted octanol–water partition coefficient (Wildman–Crippen LogP) is 3.98. The van der Waals surface area contributed by atoms with E-state index in [-0.39, 0.29) is 18.4 Å². The van der Waals surface area contributed by atoms with E-state index < -0.39 is 0 Å². The number of ether oxygens (including phenoxy) is 1. The number of amides is 1. The van der Waals surface area contributed by atoms with E-state index in [0.29, 0.717) is 18.3 Å².